The molecule has 0 saturated heterocycles. The van der Waals surface area contributed by atoms with Crippen LogP contribution in [-0.4, -0.2) is 41.3 Å². The van der Waals surface area contributed by atoms with Crippen molar-refractivity contribution in [2.24, 2.45) is 0 Å². The first-order valence-electron chi connectivity index (χ1n) is 6.41. The first kappa shape index (κ1) is 19.2. The van der Waals surface area contributed by atoms with E-state index in [1.54, 1.807) is 13.8 Å². The van der Waals surface area contributed by atoms with Gasteiger partial charge in [-0.15, -0.1) is 0 Å². The molecule has 0 aromatic rings. The maximum Gasteiger partial charge on any atom is 0.471 e. The van der Waals surface area contributed by atoms with Gasteiger partial charge in [-0.2, -0.15) is 13.2 Å². The highest BCUT2D eigenvalue weighted by atomic mass is 19.4. The van der Waals surface area contributed by atoms with Gasteiger partial charge in [0.1, 0.15) is 12.1 Å². The van der Waals surface area contributed by atoms with Crippen molar-refractivity contribution in [3.05, 3.63) is 0 Å². The molecule has 2 N–H and O–H groups in total. The highest BCUT2D eigenvalue weighted by Crippen LogP contribution is 2.16. The zero-order valence-corrected chi connectivity index (χ0v) is 11.7. The SMILES string of the molecule is CCC(CC)OC(=O)[C@H](CCC(=O)O)NC(=O)C(F)(F)F. The van der Waals surface area contributed by atoms with Crippen molar-refractivity contribution in [2.75, 3.05) is 0 Å². The second-order valence-electron chi connectivity index (χ2n) is 4.33. The van der Waals surface area contributed by atoms with Crippen LogP contribution in [0, 0.1) is 0 Å². The molecule has 1 amide bonds. The van der Waals surface area contributed by atoms with E-state index < -0.39 is 49.0 Å². The molecule has 0 rings (SSSR count). The summed E-state index contributed by atoms with van der Waals surface area (Å²) in [6.45, 7) is 3.45. The minimum atomic E-state index is -5.16. The number of halogens is 3. The van der Waals surface area contributed by atoms with E-state index >= 15 is 0 Å². The third kappa shape index (κ3) is 7.52. The number of carboxylic acids is 1. The third-order valence-electron chi connectivity index (χ3n) is 2.69. The molecule has 1 atom stereocenters. The second-order valence-corrected chi connectivity index (χ2v) is 4.33. The lowest BCUT2D eigenvalue weighted by Crippen LogP contribution is -2.48. The quantitative estimate of drug-likeness (QED) is 0.664. The number of hydrogen-bond acceptors (Lipinski definition) is 4. The molecule has 0 aliphatic rings. The van der Waals surface area contributed by atoms with E-state index in [1.807, 2.05) is 0 Å². The molecule has 0 aromatic carbocycles. The lowest BCUT2D eigenvalue weighted by Gasteiger charge is -2.21. The van der Waals surface area contributed by atoms with Gasteiger partial charge in [0.2, 0.25) is 0 Å². The molecule has 0 heterocycles. The van der Waals surface area contributed by atoms with Gasteiger partial charge in [-0.3, -0.25) is 9.59 Å². The number of carbonyl (C=O) groups excluding carboxylic acids is 2. The minimum Gasteiger partial charge on any atom is -0.481 e. The van der Waals surface area contributed by atoms with Gasteiger partial charge >= 0.3 is 24.0 Å². The van der Waals surface area contributed by atoms with Crippen LogP contribution in [-0.2, 0) is 19.1 Å². The van der Waals surface area contributed by atoms with Crippen LogP contribution in [0.25, 0.3) is 0 Å². The number of aliphatic carboxylic acids is 1. The monoisotopic (exact) mass is 313 g/mol. The molecule has 6 nitrogen and oxygen atoms in total. The first-order valence-corrected chi connectivity index (χ1v) is 6.41. The number of carbonyl (C=O) groups is 3. The zero-order valence-electron chi connectivity index (χ0n) is 11.7. The lowest BCUT2D eigenvalue weighted by molar-refractivity contribution is -0.176. The van der Waals surface area contributed by atoms with Crippen molar-refractivity contribution < 1.29 is 37.4 Å². The summed E-state index contributed by atoms with van der Waals surface area (Å²) in [4.78, 5) is 33.1. The molecule has 9 heteroatoms. The van der Waals surface area contributed by atoms with E-state index in [9.17, 15) is 27.6 Å². The summed E-state index contributed by atoms with van der Waals surface area (Å²) in [6.07, 6.45) is -5.77. The number of carboxylic acid groups (broad SMARTS) is 1. The van der Waals surface area contributed by atoms with Crippen LogP contribution in [0.1, 0.15) is 39.5 Å². The van der Waals surface area contributed by atoms with Gasteiger partial charge in [0.15, 0.2) is 0 Å². The summed E-state index contributed by atoms with van der Waals surface area (Å²) in [5.41, 5.74) is 0. The highest BCUT2D eigenvalue weighted by Gasteiger charge is 2.41. The van der Waals surface area contributed by atoms with E-state index in [1.165, 1.54) is 5.32 Å². The van der Waals surface area contributed by atoms with Gasteiger partial charge in [-0.1, -0.05) is 13.8 Å². The van der Waals surface area contributed by atoms with Crippen LogP contribution < -0.4 is 5.32 Å². The van der Waals surface area contributed by atoms with E-state index in [-0.39, 0.29) is 0 Å². The molecule has 0 aromatic heterocycles. The third-order valence-corrected chi connectivity index (χ3v) is 2.69. The fourth-order valence-corrected chi connectivity index (χ4v) is 1.46. The molecule has 0 spiro atoms. The Morgan fingerprint density at radius 3 is 2.10 bits per heavy atom. The van der Waals surface area contributed by atoms with Crippen LogP contribution in [0.2, 0.25) is 0 Å². The van der Waals surface area contributed by atoms with Gasteiger partial charge in [-0.05, 0) is 19.3 Å². The molecular weight excluding hydrogens is 295 g/mol. The Balaban J connectivity index is 4.83. The number of ether oxygens (including phenoxy) is 1. The molecule has 0 saturated carbocycles. The molecule has 0 unspecified atom stereocenters. The molecule has 0 bridgehead atoms. The van der Waals surface area contributed by atoms with Crippen LogP contribution in [0.4, 0.5) is 13.2 Å². The van der Waals surface area contributed by atoms with E-state index in [0.29, 0.717) is 12.8 Å². The highest BCUT2D eigenvalue weighted by molar-refractivity contribution is 5.87. The van der Waals surface area contributed by atoms with Gasteiger partial charge in [0, 0.05) is 6.42 Å². The second kappa shape index (κ2) is 8.48. The standard InChI is InChI=1S/C12H18F3NO5/c1-3-7(4-2)21-10(19)8(5-6-9(17)18)16-11(20)12(13,14)15/h7-8H,3-6H2,1-2H3,(H,16,20)(H,17,18)/t8-/m0/s1. The van der Waals surface area contributed by atoms with Crippen molar-refractivity contribution in [2.45, 2.75) is 57.9 Å². The summed E-state index contributed by atoms with van der Waals surface area (Å²) in [5.74, 6) is -4.67. The normalized spacial score (nSPS) is 12.9. The largest absolute Gasteiger partial charge is 0.481 e. The summed E-state index contributed by atoms with van der Waals surface area (Å²) in [5, 5.41) is 9.99. The molecule has 0 aliphatic heterocycles. The van der Waals surface area contributed by atoms with E-state index in [2.05, 4.69) is 0 Å². The fourth-order valence-electron chi connectivity index (χ4n) is 1.46. The predicted octanol–water partition coefficient (Wildman–Crippen LogP) is 1.63. The van der Waals surface area contributed by atoms with Crippen molar-refractivity contribution in [1.82, 2.24) is 5.32 Å². The molecular formula is C12H18F3NO5. The number of nitrogens with one attached hydrogen (secondary N) is 1. The number of hydrogen-bond donors (Lipinski definition) is 2. The number of alkyl halides is 3. The Hall–Kier alpha value is -1.80. The van der Waals surface area contributed by atoms with Crippen LogP contribution >= 0.6 is 0 Å². The van der Waals surface area contributed by atoms with Crippen LogP contribution in [0.15, 0.2) is 0 Å². The van der Waals surface area contributed by atoms with Gasteiger partial charge in [0.05, 0.1) is 0 Å². The lowest BCUT2D eigenvalue weighted by atomic mass is 10.1. The molecule has 0 aliphatic carbocycles. The smallest absolute Gasteiger partial charge is 0.471 e. The number of amides is 1. The molecule has 122 valence electrons. The maximum absolute atomic E-state index is 12.2. The summed E-state index contributed by atoms with van der Waals surface area (Å²) >= 11 is 0. The Morgan fingerprint density at radius 1 is 1.19 bits per heavy atom. The van der Waals surface area contributed by atoms with E-state index in [4.69, 9.17) is 9.84 Å². The molecule has 0 radical (unpaired) electrons. The van der Waals surface area contributed by atoms with Crippen molar-refractivity contribution in [3.8, 4) is 0 Å². The van der Waals surface area contributed by atoms with Gasteiger partial charge in [-0.25, -0.2) is 4.79 Å². The Morgan fingerprint density at radius 2 is 1.71 bits per heavy atom. The van der Waals surface area contributed by atoms with Crippen molar-refractivity contribution in [1.29, 1.82) is 0 Å². The van der Waals surface area contributed by atoms with Crippen molar-refractivity contribution in [3.63, 3.8) is 0 Å². The topological polar surface area (TPSA) is 92.7 Å². The predicted molar refractivity (Wildman–Crippen MR) is 65.3 cm³/mol. The summed E-state index contributed by atoms with van der Waals surface area (Å²) < 4.78 is 41.5. The average Bonchev–Trinajstić information content (AvgIpc) is 2.38. The maximum atomic E-state index is 12.2. The van der Waals surface area contributed by atoms with Crippen LogP contribution in [0.3, 0.4) is 0 Å². The molecule has 0 fully saturated rings. The average molecular weight is 313 g/mol. The zero-order chi connectivity index (χ0) is 16.6. The molecule has 21 heavy (non-hydrogen) atoms. The Kier molecular flexibility index (Phi) is 7.75. The summed E-state index contributed by atoms with van der Waals surface area (Å²) in [7, 11) is 0. The Labute approximate surface area is 119 Å². The minimum absolute atomic E-state index is 0.459. The van der Waals surface area contributed by atoms with Crippen molar-refractivity contribution >= 4 is 17.8 Å². The Bertz CT molecular complexity index is 380. The van der Waals surface area contributed by atoms with Crippen LogP contribution in [0.5, 0.6) is 0 Å². The summed E-state index contributed by atoms with van der Waals surface area (Å²) in [6, 6.07) is -1.64. The number of rotatable bonds is 8. The van der Waals surface area contributed by atoms with Gasteiger partial charge < -0.3 is 15.2 Å². The van der Waals surface area contributed by atoms with E-state index in [0.717, 1.165) is 0 Å². The number of esters is 1. The van der Waals surface area contributed by atoms with Gasteiger partial charge in [0.25, 0.3) is 0 Å². The fraction of sp³-hybridized carbons (Fsp3) is 0.750. The first-order chi connectivity index (χ1) is 9.61.